The minimum atomic E-state index is -0.335. The maximum atomic E-state index is 12.5. The molecule has 1 fully saturated rings. The van der Waals surface area contributed by atoms with Crippen molar-refractivity contribution in [1.82, 2.24) is 4.90 Å². The Morgan fingerprint density at radius 2 is 1.96 bits per heavy atom. The van der Waals surface area contributed by atoms with Crippen molar-refractivity contribution < 1.29 is 9.59 Å². The summed E-state index contributed by atoms with van der Waals surface area (Å²) < 4.78 is 0.901. The standard InChI is InChI=1S/C18H11BrN2O2S/c19-15-7-3-4-12(8-15)9-16-17(22)21(18(23)24-16)11-14-6-2-1-5-13(14)10-20/h1-9H,11H2/b16-9+. The molecule has 1 heterocycles. The van der Waals surface area contributed by atoms with Gasteiger partial charge in [0, 0.05) is 4.47 Å². The molecule has 0 spiro atoms. The first-order chi connectivity index (χ1) is 11.6. The highest BCUT2D eigenvalue weighted by molar-refractivity contribution is 9.10. The van der Waals surface area contributed by atoms with Crippen molar-refractivity contribution in [3.63, 3.8) is 0 Å². The Kier molecular flexibility index (Phi) is 4.84. The van der Waals surface area contributed by atoms with Crippen LogP contribution in [-0.2, 0) is 11.3 Å². The lowest BCUT2D eigenvalue weighted by Gasteiger charge is -2.13. The molecule has 0 aliphatic carbocycles. The molecule has 2 aromatic carbocycles. The van der Waals surface area contributed by atoms with Gasteiger partial charge in [-0.05, 0) is 47.2 Å². The molecule has 0 radical (unpaired) electrons. The summed E-state index contributed by atoms with van der Waals surface area (Å²) in [6.07, 6.45) is 1.70. The SMILES string of the molecule is N#Cc1ccccc1CN1C(=O)S/C(=C/c2cccc(Br)c2)C1=O. The van der Waals surface area contributed by atoms with E-state index in [1.807, 2.05) is 24.3 Å². The van der Waals surface area contributed by atoms with Gasteiger partial charge in [0.2, 0.25) is 0 Å². The van der Waals surface area contributed by atoms with Crippen LogP contribution in [0.5, 0.6) is 0 Å². The second-order valence-corrected chi connectivity index (χ2v) is 7.00. The molecule has 3 rings (SSSR count). The summed E-state index contributed by atoms with van der Waals surface area (Å²) in [5, 5.41) is 8.81. The Morgan fingerprint density at radius 1 is 1.17 bits per heavy atom. The van der Waals surface area contributed by atoms with Crippen LogP contribution in [0.3, 0.4) is 0 Å². The molecule has 0 unspecified atom stereocenters. The van der Waals surface area contributed by atoms with Crippen LogP contribution in [0.1, 0.15) is 16.7 Å². The Bertz CT molecular complexity index is 902. The van der Waals surface area contributed by atoms with Crippen molar-refractivity contribution in [1.29, 1.82) is 5.26 Å². The maximum absolute atomic E-state index is 12.5. The lowest BCUT2D eigenvalue weighted by Crippen LogP contribution is -2.27. The van der Waals surface area contributed by atoms with Gasteiger partial charge in [-0.15, -0.1) is 0 Å². The smallest absolute Gasteiger partial charge is 0.268 e. The highest BCUT2D eigenvalue weighted by Gasteiger charge is 2.35. The molecule has 2 amide bonds. The summed E-state index contributed by atoms with van der Waals surface area (Å²) in [5.41, 5.74) is 1.96. The molecule has 0 N–H and O–H groups in total. The third kappa shape index (κ3) is 3.42. The molecule has 0 saturated carbocycles. The lowest BCUT2D eigenvalue weighted by atomic mass is 10.1. The minimum absolute atomic E-state index is 0.101. The van der Waals surface area contributed by atoms with Crippen LogP contribution in [0.4, 0.5) is 4.79 Å². The highest BCUT2D eigenvalue weighted by Crippen LogP contribution is 2.33. The summed E-state index contributed by atoms with van der Waals surface area (Å²) in [7, 11) is 0. The normalized spacial score (nSPS) is 15.8. The topological polar surface area (TPSA) is 61.2 Å². The molecule has 2 aromatic rings. The Morgan fingerprint density at radius 3 is 2.71 bits per heavy atom. The summed E-state index contributed by atoms with van der Waals surface area (Å²) in [6, 6.07) is 16.5. The monoisotopic (exact) mass is 398 g/mol. The number of carbonyl (C=O) groups excluding carboxylic acids is 2. The zero-order chi connectivity index (χ0) is 17.1. The number of thioether (sulfide) groups is 1. The molecule has 118 valence electrons. The molecule has 1 aliphatic heterocycles. The van der Waals surface area contributed by atoms with Crippen LogP contribution in [0, 0.1) is 11.3 Å². The summed E-state index contributed by atoms with van der Waals surface area (Å²) in [5.74, 6) is -0.335. The van der Waals surface area contributed by atoms with Gasteiger partial charge in [0.05, 0.1) is 23.1 Å². The van der Waals surface area contributed by atoms with Crippen molar-refractivity contribution in [2.75, 3.05) is 0 Å². The number of benzene rings is 2. The molecular weight excluding hydrogens is 388 g/mol. The molecule has 0 bridgehead atoms. The van der Waals surface area contributed by atoms with Gasteiger partial charge in [-0.2, -0.15) is 5.26 Å². The van der Waals surface area contributed by atoms with E-state index in [0.717, 1.165) is 21.8 Å². The van der Waals surface area contributed by atoms with Crippen LogP contribution in [-0.4, -0.2) is 16.0 Å². The van der Waals surface area contributed by atoms with Crippen molar-refractivity contribution in [2.45, 2.75) is 6.54 Å². The largest absolute Gasteiger partial charge is 0.293 e. The van der Waals surface area contributed by atoms with Gasteiger partial charge in [0.15, 0.2) is 0 Å². The predicted molar refractivity (Wildman–Crippen MR) is 96.8 cm³/mol. The van der Waals surface area contributed by atoms with E-state index in [4.69, 9.17) is 5.26 Å². The second kappa shape index (κ2) is 7.04. The number of amides is 2. The fraction of sp³-hybridized carbons (Fsp3) is 0.0556. The molecule has 1 aliphatic rings. The van der Waals surface area contributed by atoms with E-state index in [9.17, 15) is 9.59 Å². The van der Waals surface area contributed by atoms with Crippen molar-refractivity contribution in [3.05, 3.63) is 74.6 Å². The molecular formula is C18H11BrN2O2S. The Labute approximate surface area is 151 Å². The molecule has 0 aromatic heterocycles. The van der Waals surface area contributed by atoms with Gasteiger partial charge >= 0.3 is 0 Å². The average molecular weight is 399 g/mol. The van der Waals surface area contributed by atoms with Crippen LogP contribution in [0.2, 0.25) is 0 Å². The maximum Gasteiger partial charge on any atom is 0.293 e. The minimum Gasteiger partial charge on any atom is -0.268 e. The van der Waals surface area contributed by atoms with Crippen molar-refractivity contribution in [3.8, 4) is 6.07 Å². The van der Waals surface area contributed by atoms with Gasteiger partial charge in [-0.3, -0.25) is 14.5 Å². The lowest BCUT2D eigenvalue weighted by molar-refractivity contribution is -0.123. The number of rotatable bonds is 3. The predicted octanol–water partition coefficient (Wildman–Crippen LogP) is 4.56. The number of carbonyl (C=O) groups is 2. The zero-order valence-corrected chi connectivity index (χ0v) is 14.8. The number of nitrogens with zero attached hydrogens (tertiary/aromatic N) is 2. The summed E-state index contributed by atoms with van der Waals surface area (Å²) in [6.45, 7) is 0.101. The fourth-order valence-electron chi connectivity index (χ4n) is 2.32. The quantitative estimate of drug-likeness (QED) is 0.711. The molecule has 6 heteroatoms. The van der Waals surface area contributed by atoms with Crippen LogP contribution < -0.4 is 0 Å². The molecule has 4 nitrogen and oxygen atoms in total. The third-order valence-corrected chi connectivity index (χ3v) is 4.89. The zero-order valence-electron chi connectivity index (χ0n) is 12.4. The van der Waals surface area contributed by atoms with E-state index < -0.39 is 0 Å². The Hall–Kier alpha value is -2.36. The first-order valence-corrected chi connectivity index (χ1v) is 8.68. The van der Waals surface area contributed by atoms with Crippen molar-refractivity contribution >= 4 is 44.9 Å². The first kappa shape index (κ1) is 16.5. The van der Waals surface area contributed by atoms with Crippen LogP contribution in [0.25, 0.3) is 6.08 Å². The second-order valence-electron chi connectivity index (χ2n) is 5.09. The van der Waals surface area contributed by atoms with E-state index in [-0.39, 0.29) is 17.7 Å². The van der Waals surface area contributed by atoms with Gasteiger partial charge in [-0.1, -0.05) is 46.3 Å². The van der Waals surface area contributed by atoms with E-state index in [1.165, 1.54) is 4.90 Å². The average Bonchev–Trinajstić information content (AvgIpc) is 2.83. The van der Waals surface area contributed by atoms with Gasteiger partial charge in [0.25, 0.3) is 11.1 Å². The number of nitriles is 1. The number of imide groups is 1. The fourth-order valence-corrected chi connectivity index (χ4v) is 3.58. The van der Waals surface area contributed by atoms with Crippen molar-refractivity contribution in [2.24, 2.45) is 0 Å². The van der Waals surface area contributed by atoms with E-state index in [2.05, 4.69) is 22.0 Å². The Balaban J connectivity index is 1.86. The molecule has 24 heavy (non-hydrogen) atoms. The van der Waals surface area contributed by atoms with E-state index >= 15 is 0 Å². The van der Waals surface area contributed by atoms with Crippen LogP contribution >= 0.6 is 27.7 Å². The highest BCUT2D eigenvalue weighted by atomic mass is 79.9. The van der Waals surface area contributed by atoms with E-state index in [1.54, 1.807) is 30.3 Å². The number of hydrogen-bond donors (Lipinski definition) is 0. The molecule has 0 atom stereocenters. The van der Waals surface area contributed by atoms with Gasteiger partial charge in [0.1, 0.15) is 0 Å². The van der Waals surface area contributed by atoms with E-state index in [0.29, 0.717) is 16.0 Å². The number of halogens is 1. The van der Waals surface area contributed by atoms with Gasteiger partial charge < -0.3 is 0 Å². The van der Waals surface area contributed by atoms with Crippen LogP contribution in [0.15, 0.2) is 57.9 Å². The first-order valence-electron chi connectivity index (χ1n) is 7.07. The summed E-state index contributed by atoms with van der Waals surface area (Å²) >= 11 is 4.30. The summed E-state index contributed by atoms with van der Waals surface area (Å²) in [4.78, 5) is 26.3. The third-order valence-electron chi connectivity index (χ3n) is 3.49. The van der Waals surface area contributed by atoms with Gasteiger partial charge in [-0.25, -0.2) is 0 Å². The molecule has 1 saturated heterocycles. The number of hydrogen-bond acceptors (Lipinski definition) is 4.